The Morgan fingerprint density at radius 1 is 1.11 bits per heavy atom. The Hall–Kier alpha value is -2.91. The number of carbonyl (C=O) groups is 1. The molecule has 37 heavy (non-hydrogen) atoms. The van der Waals surface area contributed by atoms with E-state index in [1.807, 2.05) is 12.1 Å². The van der Waals surface area contributed by atoms with Gasteiger partial charge in [0, 0.05) is 61.5 Å². The number of hydrogen-bond donors (Lipinski definition) is 3. The number of benzene rings is 1. The van der Waals surface area contributed by atoms with Crippen LogP contribution in [0.2, 0.25) is 0 Å². The summed E-state index contributed by atoms with van der Waals surface area (Å²) in [6.07, 6.45) is 6.86. The number of carbonyl (C=O) groups excluding carboxylic acids is 1. The summed E-state index contributed by atoms with van der Waals surface area (Å²) < 4.78 is 5.39. The monoisotopic (exact) mass is 506 g/mol. The second-order valence-electron chi connectivity index (χ2n) is 11.0. The number of piperidine rings is 1. The molecule has 2 aromatic rings. The molecule has 0 unspecified atom stereocenters. The second kappa shape index (κ2) is 10.5. The first-order valence-electron chi connectivity index (χ1n) is 14.0. The standard InChI is InChI=1S/C28H38N6O3/c35-25(29-10-3-11-33-14-16-37-17-15-33)20-6-7-22-24(18-20)30-19-28(22)8-12-34(13-9-28)27-31-23-5-2-1-4-21(23)26(36)32-27/h6-7,18,30H,1-5,8-17,19H2,(H,29,35)(H,31,32,36). The van der Waals surface area contributed by atoms with Crippen LogP contribution in [0.15, 0.2) is 23.0 Å². The number of morpholine rings is 1. The summed E-state index contributed by atoms with van der Waals surface area (Å²) in [5.41, 5.74) is 5.08. The Bertz CT molecular complexity index is 1200. The number of fused-ring (bicyclic) bond motifs is 3. The molecule has 0 atom stereocenters. The molecule has 9 heteroatoms. The molecule has 9 nitrogen and oxygen atoms in total. The quantitative estimate of drug-likeness (QED) is 0.516. The summed E-state index contributed by atoms with van der Waals surface area (Å²) in [6, 6.07) is 6.13. The van der Waals surface area contributed by atoms with Crippen LogP contribution in [-0.4, -0.2) is 79.8 Å². The van der Waals surface area contributed by atoms with Crippen molar-refractivity contribution in [2.75, 3.05) is 69.2 Å². The van der Waals surface area contributed by atoms with Crippen LogP contribution in [0.25, 0.3) is 0 Å². The van der Waals surface area contributed by atoms with Gasteiger partial charge < -0.3 is 20.3 Å². The highest BCUT2D eigenvalue weighted by molar-refractivity contribution is 5.95. The molecule has 0 radical (unpaired) electrons. The highest BCUT2D eigenvalue weighted by Crippen LogP contribution is 2.44. The van der Waals surface area contributed by atoms with Crippen LogP contribution in [0.5, 0.6) is 0 Å². The van der Waals surface area contributed by atoms with E-state index in [1.54, 1.807) is 0 Å². The van der Waals surface area contributed by atoms with Crippen molar-refractivity contribution in [2.45, 2.75) is 50.4 Å². The Labute approximate surface area is 218 Å². The van der Waals surface area contributed by atoms with Crippen LogP contribution >= 0.6 is 0 Å². The number of aromatic nitrogens is 2. The normalized spacial score (nSPS) is 20.8. The molecule has 3 N–H and O–H groups in total. The van der Waals surface area contributed by atoms with Crippen molar-refractivity contribution < 1.29 is 9.53 Å². The first-order chi connectivity index (χ1) is 18.1. The van der Waals surface area contributed by atoms with Gasteiger partial charge in [-0.15, -0.1) is 0 Å². The summed E-state index contributed by atoms with van der Waals surface area (Å²) in [5.74, 6) is 0.720. The van der Waals surface area contributed by atoms with E-state index in [0.717, 1.165) is 120 Å². The number of amides is 1. The Balaban J connectivity index is 1.06. The van der Waals surface area contributed by atoms with Crippen molar-refractivity contribution in [3.8, 4) is 0 Å². The van der Waals surface area contributed by atoms with E-state index in [-0.39, 0.29) is 16.9 Å². The van der Waals surface area contributed by atoms with Gasteiger partial charge in [-0.2, -0.15) is 0 Å². The summed E-state index contributed by atoms with van der Waals surface area (Å²) >= 11 is 0. The molecule has 1 aromatic heterocycles. The van der Waals surface area contributed by atoms with E-state index in [1.165, 1.54) is 5.56 Å². The lowest BCUT2D eigenvalue weighted by atomic mass is 9.74. The van der Waals surface area contributed by atoms with Crippen LogP contribution in [0.3, 0.4) is 0 Å². The largest absolute Gasteiger partial charge is 0.384 e. The second-order valence-corrected chi connectivity index (χ2v) is 11.0. The number of ether oxygens (including phenoxy) is 1. The lowest BCUT2D eigenvalue weighted by Crippen LogP contribution is -2.45. The number of H-pyrrole nitrogens is 1. The number of rotatable bonds is 6. The summed E-state index contributed by atoms with van der Waals surface area (Å²) in [4.78, 5) is 37.9. The lowest BCUT2D eigenvalue weighted by Gasteiger charge is -2.39. The molecule has 198 valence electrons. The van der Waals surface area contributed by atoms with Gasteiger partial charge in [0.25, 0.3) is 11.5 Å². The molecule has 1 spiro atoms. The molecule has 4 heterocycles. The predicted octanol–water partition coefficient (Wildman–Crippen LogP) is 2.06. The van der Waals surface area contributed by atoms with Crippen molar-refractivity contribution in [3.05, 3.63) is 50.9 Å². The Kier molecular flexibility index (Phi) is 6.90. The van der Waals surface area contributed by atoms with Crippen LogP contribution in [0, 0.1) is 0 Å². The van der Waals surface area contributed by atoms with Gasteiger partial charge in [-0.3, -0.25) is 19.5 Å². The molecule has 2 fully saturated rings. The van der Waals surface area contributed by atoms with Gasteiger partial charge in [0.15, 0.2) is 0 Å². The minimum Gasteiger partial charge on any atom is -0.384 e. The van der Waals surface area contributed by atoms with Crippen LogP contribution < -0.4 is 21.1 Å². The molecular weight excluding hydrogens is 468 g/mol. The first-order valence-corrected chi connectivity index (χ1v) is 14.0. The van der Waals surface area contributed by atoms with Gasteiger partial charge in [-0.05, 0) is 69.2 Å². The molecule has 4 aliphatic rings. The molecule has 1 amide bonds. The number of nitrogens with one attached hydrogen (secondary N) is 3. The van der Waals surface area contributed by atoms with Crippen molar-refractivity contribution in [2.24, 2.45) is 0 Å². The maximum atomic E-state index is 12.8. The van der Waals surface area contributed by atoms with Gasteiger partial charge in [-0.25, -0.2) is 4.98 Å². The van der Waals surface area contributed by atoms with Gasteiger partial charge >= 0.3 is 0 Å². The Morgan fingerprint density at radius 3 is 2.76 bits per heavy atom. The third-order valence-electron chi connectivity index (χ3n) is 8.71. The first kappa shape index (κ1) is 24.4. The van der Waals surface area contributed by atoms with Crippen LogP contribution in [-0.2, 0) is 23.0 Å². The van der Waals surface area contributed by atoms with E-state index in [0.29, 0.717) is 12.1 Å². The van der Waals surface area contributed by atoms with E-state index < -0.39 is 0 Å². The van der Waals surface area contributed by atoms with E-state index >= 15 is 0 Å². The minimum absolute atomic E-state index is 0.00946. The summed E-state index contributed by atoms with van der Waals surface area (Å²) in [7, 11) is 0. The molecular formula is C28H38N6O3. The fraction of sp³-hybridized carbons (Fsp3) is 0.607. The van der Waals surface area contributed by atoms with E-state index in [4.69, 9.17) is 9.72 Å². The Morgan fingerprint density at radius 2 is 1.92 bits per heavy atom. The molecule has 1 aliphatic carbocycles. The van der Waals surface area contributed by atoms with Crippen LogP contribution in [0.1, 0.15) is 59.3 Å². The fourth-order valence-electron chi connectivity index (χ4n) is 6.42. The highest BCUT2D eigenvalue weighted by atomic mass is 16.5. The van der Waals surface area contributed by atoms with Crippen molar-refractivity contribution in [1.29, 1.82) is 0 Å². The zero-order valence-corrected chi connectivity index (χ0v) is 21.6. The minimum atomic E-state index is -0.00946. The SMILES string of the molecule is O=C(NCCCN1CCOCC1)c1ccc2c(c1)NCC21CCN(c2nc3c(c(=O)[nH]2)CCCC3)CC1. The molecule has 3 aliphatic heterocycles. The van der Waals surface area contributed by atoms with Crippen molar-refractivity contribution >= 4 is 17.5 Å². The third-order valence-corrected chi connectivity index (χ3v) is 8.71. The molecule has 0 bridgehead atoms. The average molecular weight is 507 g/mol. The maximum absolute atomic E-state index is 12.8. The zero-order valence-electron chi connectivity index (χ0n) is 21.6. The van der Waals surface area contributed by atoms with Crippen LogP contribution in [0.4, 0.5) is 11.6 Å². The van der Waals surface area contributed by atoms with Crippen molar-refractivity contribution in [3.63, 3.8) is 0 Å². The number of hydrogen-bond acceptors (Lipinski definition) is 7. The summed E-state index contributed by atoms with van der Waals surface area (Å²) in [5, 5.41) is 6.66. The number of nitrogens with zero attached hydrogens (tertiary/aromatic N) is 3. The fourth-order valence-corrected chi connectivity index (χ4v) is 6.42. The lowest BCUT2D eigenvalue weighted by molar-refractivity contribution is 0.0374. The molecule has 1 aromatic carbocycles. The maximum Gasteiger partial charge on any atom is 0.255 e. The number of aryl methyl sites for hydroxylation is 1. The smallest absolute Gasteiger partial charge is 0.255 e. The van der Waals surface area contributed by atoms with E-state index in [2.05, 4.69) is 31.5 Å². The highest BCUT2D eigenvalue weighted by Gasteiger charge is 2.42. The average Bonchev–Trinajstić information content (AvgIpc) is 3.29. The van der Waals surface area contributed by atoms with E-state index in [9.17, 15) is 9.59 Å². The van der Waals surface area contributed by atoms with Gasteiger partial charge in [0.1, 0.15) is 0 Å². The van der Waals surface area contributed by atoms with Gasteiger partial charge in [0.05, 0.1) is 18.9 Å². The summed E-state index contributed by atoms with van der Waals surface area (Å²) in [6.45, 7) is 7.83. The van der Waals surface area contributed by atoms with Crippen molar-refractivity contribution in [1.82, 2.24) is 20.2 Å². The molecule has 0 saturated carbocycles. The topological polar surface area (TPSA) is 103 Å². The molecule has 2 saturated heterocycles. The molecule has 6 rings (SSSR count). The van der Waals surface area contributed by atoms with Gasteiger partial charge in [-0.1, -0.05) is 6.07 Å². The third kappa shape index (κ3) is 4.99. The predicted molar refractivity (Wildman–Crippen MR) is 144 cm³/mol. The zero-order chi connectivity index (χ0) is 25.2. The number of anilines is 2. The number of aromatic amines is 1. The van der Waals surface area contributed by atoms with Gasteiger partial charge in [0.2, 0.25) is 5.95 Å².